The molecule has 0 saturated heterocycles. The number of hydrogen-bond donors (Lipinski definition) is 1. The van der Waals surface area contributed by atoms with Crippen LogP contribution in [0.4, 0.5) is 5.69 Å². The van der Waals surface area contributed by atoms with Gasteiger partial charge >= 0.3 is 5.97 Å². The van der Waals surface area contributed by atoms with Crippen LogP contribution in [0.15, 0.2) is 42.5 Å². The first-order valence-corrected chi connectivity index (χ1v) is 7.52. The topological polar surface area (TPSA) is 55.4 Å². The molecule has 0 bridgehead atoms. The normalized spacial score (nSPS) is 11.7. The largest absolute Gasteiger partial charge is 0.449 e. The summed E-state index contributed by atoms with van der Waals surface area (Å²) in [7, 11) is 0. The number of ether oxygens (including phenoxy) is 1. The average Bonchev–Trinajstić information content (AvgIpc) is 2.52. The Labute approximate surface area is 136 Å². The highest BCUT2D eigenvalue weighted by atomic mass is 16.5. The summed E-state index contributed by atoms with van der Waals surface area (Å²) in [6.45, 7) is 7.43. The van der Waals surface area contributed by atoms with E-state index in [2.05, 4.69) is 5.32 Å². The van der Waals surface area contributed by atoms with Gasteiger partial charge in [-0.05, 0) is 63.1 Å². The Kier molecular flexibility index (Phi) is 5.16. The van der Waals surface area contributed by atoms with Crippen LogP contribution in [0.5, 0.6) is 0 Å². The van der Waals surface area contributed by atoms with Crippen molar-refractivity contribution in [3.63, 3.8) is 0 Å². The number of carbonyl (C=O) groups excluding carboxylic acids is 2. The Hall–Kier alpha value is -2.62. The van der Waals surface area contributed by atoms with E-state index in [0.29, 0.717) is 11.3 Å². The van der Waals surface area contributed by atoms with Gasteiger partial charge < -0.3 is 10.1 Å². The molecule has 4 nitrogen and oxygen atoms in total. The molecule has 2 rings (SSSR count). The van der Waals surface area contributed by atoms with E-state index in [1.807, 2.05) is 51.1 Å². The molecule has 4 heteroatoms. The van der Waals surface area contributed by atoms with Crippen molar-refractivity contribution in [2.75, 3.05) is 5.32 Å². The molecule has 1 amide bonds. The van der Waals surface area contributed by atoms with Gasteiger partial charge in [0.25, 0.3) is 5.91 Å². The van der Waals surface area contributed by atoms with Crippen LogP contribution < -0.4 is 5.32 Å². The quantitative estimate of drug-likeness (QED) is 0.874. The van der Waals surface area contributed by atoms with Gasteiger partial charge in [-0.15, -0.1) is 0 Å². The van der Waals surface area contributed by atoms with Crippen LogP contribution in [0.3, 0.4) is 0 Å². The lowest BCUT2D eigenvalue weighted by molar-refractivity contribution is -0.123. The van der Waals surface area contributed by atoms with Gasteiger partial charge in [-0.25, -0.2) is 4.79 Å². The molecule has 2 aromatic rings. The van der Waals surface area contributed by atoms with E-state index in [1.54, 1.807) is 19.1 Å². The van der Waals surface area contributed by atoms with Crippen molar-refractivity contribution in [3.05, 3.63) is 64.7 Å². The second-order valence-corrected chi connectivity index (χ2v) is 5.70. The third kappa shape index (κ3) is 4.42. The number of carbonyl (C=O) groups is 2. The molecule has 23 heavy (non-hydrogen) atoms. The summed E-state index contributed by atoms with van der Waals surface area (Å²) in [6.07, 6.45) is -0.870. The lowest BCUT2D eigenvalue weighted by atomic mass is 10.1. The molecule has 0 heterocycles. The van der Waals surface area contributed by atoms with E-state index in [9.17, 15) is 9.59 Å². The van der Waals surface area contributed by atoms with E-state index in [4.69, 9.17) is 4.74 Å². The van der Waals surface area contributed by atoms with Gasteiger partial charge in [0.2, 0.25) is 0 Å². The summed E-state index contributed by atoms with van der Waals surface area (Å²) in [4.78, 5) is 24.2. The molecule has 120 valence electrons. The summed E-state index contributed by atoms with van der Waals surface area (Å²) in [5.41, 5.74) is 4.35. The van der Waals surface area contributed by atoms with Crippen molar-refractivity contribution in [1.29, 1.82) is 0 Å². The monoisotopic (exact) mass is 311 g/mol. The van der Waals surface area contributed by atoms with Crippen molar-refractivity contribution in [2.24, 2.45) is 0 Å². The third-order valence-corrected chi connectivity index (χ3v) is 3.71. The first-order chi connectivity index (χ1) is 10.9. The molecule has 2 aromatic carbocycles. The minimum Gasteiger partial charge on any atom is -0.449 e. The van der Waals surface area contributed by atoms with Crippen molar-refractivity contribution >= 4 is 17.6 Å². The number of hydrogen-bond acceptors (Lipinski definition) is 3. The number of anilines is 1. The molecule has 0 fully saturated rings. The van der Waals surface area contributed by atoms with Gasteiger partial charge in [-0.3, -0.25) is 4.79 Å². The van der Waals surface area contributed by atoms with Crippen LogP contribution in [0.1, 0.15) is 34.0 Å². The zero-order valence-corrected chi connectivity index (χ0v) is 13.8. The van der Waals surface area contributed by atoms with Crippen molar-refractivity contribution in [1.82, 2.24) is 0 Å². The zero-order chi connectivity index (χ0) is 17.0. The second-order valence-electron chi connectivity index (χ2n) is 5.70. The highest BCUT2D eigenvalue weighted by Crippen LogP contribution is 2.13. The van der Waals surface area contributed by atoms with Crippen molar-refractivity contribution in [3.8, 4) is 0 Å². The predicted octanol–water partition coefficient (Wildman–Crippen LogP) is 3.80. The highest BCUT2D eigenvalue weighted by Gasteiger charge is 2.19. The summed E-state index contributed by atoms with van der Waals surface area (Å²) in [5.74, 6) is -0.856. The summed E-state index contributed by atoms with van der Waals surface area (Å²) >= 11 is 0. The van der Waals surface area contributed by atoms with Crippen LogP contribution in [0.25, 0.3) is 0 Å². The Bertz CT molecular complexity index is 720. The van der Waals surface area contributed by atoms with Crippen molar-refractivity contribution in [2.45, 2.75) is 33.8 Å². The van der Waals surface area contributed by atoms with Gasteiger partial charge in [-0.1, -0.05) is 23.8 Å². The molecule has 0 spiro atoms. The van der Waals surface area contributed by atoms with Crippen LogP contribution in [-0.4, -0.2) is 18.0 Å². The lowest BCUT2D eigenvalue weighted by Crippen LogP contribution is -2.30. The SMILES string of the molecule is Cc1ccc(NC(=O)C(C)OC(=O)c2ccc(C)c(C)c2)cc1. The van der Waals surface area contributed by atoms with Gasteiger partial charge in [0, 0.05) is 5.69 Å². The van der Waals surface area contributed by atoms with Crippen LogP contribution in [0.2, 0.25) is 0 Å². The first kappa shape index (κ1) is 16.7. The Morgan fingerprint density at radius 3 is 2.22 bits per heavy atom. The maximum absolute atomic E-state index is 12.1. The fourth-order valence-corrected chi connectivity index (χ4v) is 2.03. The number of esters is 1. The van der Waals surface area contributed by atoms with Crippen LogP contribution in [0, 0.1) is 20.8 Å². The Morgan fingerprint density at radius 1 is 0.957 bits per heavy atom. The maximum Gasteiger partial charge on any atom is 0.338 e. The van der Waals surface area contributed by atoms with E-state index in [1.165, 1.54) is 0 Å². The summed E-state index contributed by atoms with van der Waals surface area (Å²) in [6, 6.07) is 12.8. The Balaban J connectivity index is 1.98. The molecular formula is C19H21NO3. The fourth-order valence-electron chi connectivity index (χ4n) is 2.03. The van der Waals surface area contributed by atoms with Gasteiger partial charge in [0.05, 0.1) is 5.56 Å². The first-order valence-electron chi connectivity index (χ1n) is 7.52. The summed E-state index contributed by atoms with van der Waals surface area (Å²) < 4.78 is 5.24. The summed E-state index contributed by atoms with van der Waals surface area (Å²) in [5, 5.41) is 2.73. The van der Waals surface area contributed by atoms with E-state index in [0.717, 1.165) is 16.7 Å². The molecule has 0 aromatic heterocycles. The second kappa shape index (κ2) is 7.09. The number of benzene rings is 2. The average molecular weight is 311 g/mol. The van der Waals surface area contributed by atoms with Crippen LogP contribution >= 0.6 is 0 Å². The van der Waals surface area contributed by atoms with Gasteiger partial charge in [-0.2, -0.15) is 0 Å². The Morgan fingerprint density at radius 2 is 1.61 bits per heavy atom. The number of aryl methyl sites for hydroxylation is 3. The lowest BCUT2D eigenvalue weighted by Gasteiger charge is -2.14. The standard InChI is InChI=1S/C19H21NO3/c1-12-5-9-17(10-6-12)20-18(21)15(4)23-19(22)16-8-7-13(2)14(3)11-16/h5-11,15H,1-4H3,(H,20,21). The molecule has 0 aliphatic carbocycles. The van der Waals surface area contributed by atoms with Crippen LogP contribution in [-0.2, 0) is 9.53 Å². The van der Waals surface area contributed by atoms with E-state index < -0.39 is 12.1 Å². The molecule has 1 unspecified atom stereocenters. The third-order valence-electron chi connectivity index (χ3n) is 3.71. The number of amides is 1. The molecule has 1 N–H and O–H groups in total. The van der Waals surface area contributed by atoms with Crippen molar-refractivity contribution < 1.29 is 14.3 Å². The smallest absolute Gasteiger partial charge is 0.338 e. The van der Waals surface area contributed by atoms with E-state index >= 15 is 0 Å². The zero-order valence-electron chi connectivity index (χ0n) is 13.8. The molecule has 0 saturated carbocycles. The molecule has 1 atom stereocenters. The van der Waals surface area contributed by atoms with Gasteiger partial charge in [0.15, 0.2) is 6.10 Å². The number of nitrogens with one attached hydrogen (secondary N) is 1. The maximum atomic E-state index is 12.1. The fraction of sp³-hybridized carbons (Fsp3) is 0.263. The van der Waals surface area contributed by atoms with E-state index in [-0.39, 0.29) is 5.91 Å². The highest BCUT2D eigenvalue weighted by molar-refractivity contribution is 5.97. The van der Waals surface area contributed by atoms with Gasteiger partial charge in [0.1, 0.15) is 0 Å². The molecule has 0 aliphatic heterocycles. The minimum absolute atomic E-state index is 0.356. The predicted molar refractivity (Wildman–Crippen MR) is 90.6 cm³/mol. The molecule has 0 radical (unpaired) electrons. The number of rotatable bonds is 4. The molecular weight excluding hydrogens is 290 g/mol. The minimum atomic E-state index is -0.870. The molecule has 0 aliphatic rings.